The van der Waals surface area contributed by atoms with E-state index in [9.17, 15) is 13.2 Å². The van der Waals surface area contributed by atoms with Crippen LogP contribution in [0.15, 0.2) is 42.5 Å². The topological polar surface area (TPSA) is 9.23 Å². The zero-order chi connectivity index (χ0) is 19.7. The van der Waals surface area contributed by atoms with Crippen molar-refractivity contribution in [3.05, 3.63) is 48.1 Å². The molecule has 0 saturated heterocycles. The van der Waals surface area contributed by atoms with Gasteiger partial charge < -0.3 is 4.74 Å². The van der Waals surface area contributed by atoms with Gasteiger partial charge >= 0.3 is 6.36 Å². The van der Waals surface area contributed by atoms with Gasteiger partial charge in [-0.25, -0.2) is 0 Å². The molecule has 2 rings (SSSR count). The Hall–Kier alpha value is -1.71. The molecule has 1 nitrogen and oxygen atoms in total. The first-order chi connectivity index (χ1) is 12.9. The standard InChI is InChI=1S/C23H31F3O/c1-3-6-18(7-4-2)8-5-9-19-10-12-20(13-11-19)21-14-16-22(17-15-21)27-23(24,25)26/h3,6,12,14-19H,4-5,7-11,13H2,1-2H3/b6-3+. The Bertz CT molecular complexity index is 614. The monoisotopic (exact) mass is 380 g/mol. The highest BCUT2D eigenvalue weighted by Crippen LogP contribution is 2.34. The number of ether oxygens (including phenoxy) is 1. The van der Waals surface area contributed by atoms with E-state index in [2.05, 4.69) is 36.8 Å². The van der Waals surface area contributed by atoms with Gasteiger partial charge in [0.15, 0.2) is 0 Å². The number of rotatable bonds is 9. The van der Waals surface area contributed by atoms with E-state index in [-0.39, 0.29) is 5.75 Å². The lowest BCUT2D eigenvalue weighted by molar-refractivity contribution is -0.274. The zero-order valence-corrected chi connectivity index (χ0v) is 16.4. The molecule has 0 radical (unpaired) electrons. The van der Waals surface area contributed by atoms with Crippen molar-refractivity contribution in [2.75, 3.05) is 0 Å². The molecule has 0 saturated carbocycles. The third kappa shape index (κ3) is 7.82. The zero-order valence-electron chi connectivity index (χ0n) is 16.4. The molecule has 0 N–H and O–H groups in total. The highest BCUT2D eigenvalue weighted by atomic mass is 19.4. The number of benzene rings is 1. The SMILES string of the molecule is C/C=C/C(CCC)CCCC1CC=C(c2ccc(OC(F)(F)F)cc2)CC1. The highest BCUT2D eigenvalue weighted by molar-refractivity contribution is 5.66. The van der Waals surface area contributed by atoms with Crippen molar-refractivity contribution in [3.63, 3.8) is 0 Å². The van der Waals surface area contributed by atoms with Crippen molar-refractivity contribution < 1.29 is 17.9 Å². The molecule has 0 amide bonds. The molecule has 4 heteroatoms. The molecule has 2 atom stereocenters. The summed E-state index contributed by atoms with van der Waals surface area (Å²) in [5.74, 6) is 1.28. The fourth-order valence-corrected chi connectivity index (χ4v) is 3.93. The molecule has 1 aliphatic carbocycles. The molecule has 0 bridgehead atoms. The molecule has 0 spiro atoms. The summed E-state index contributed by atoms with van der Waals surface area (Å²) in [5.41, 5.74) is 2.24. The van der Waals surface area contributed by atoms with Crippen LogP contribution in [-0.4, -0.2) is 6.36 Å². The number of halogens is 3. The Morgan fingerprint density at radius 2 is 1.93 bits per heavy atom. The van der Waals surface area contributed by atoms with Crippen LogP contribution in [0.1, 0.15) is 70.8 Å². The summed E-state index contributed by atoms with van der Waals surface area (Å²) >= 11 is 0. The number of allylic oxidation sites excluding steroid dienone is 4. The fraction of sp³-hybridized carbons (Fsp3) is 0.565. The van der Waals surface area contributed by atoms with Crippen LogP contribution >= 0.6 is 0 Å². The average molecular weight is 380 g/mol. The van der Waals surface area contributed by atoms with E-state index >= 15 is 0 Å². The lowest BCUT2D eigenvalue weighted by Crippen LogP contribution is -2.17. The first-order valence-corrected chi connectivity index (χ1v) is 10.1. The van der Waals surface area contributed by atoms with Crippen LogP contribution in [-0.2, 0) is 0 Å². The summed E-state index contributed by atoms with van der Waals surface area (Å²) in [6.45, 7) is 4.34. The molecule has 1 aliphatic rings. The van der Waals surface area contributed by atoms with E-state index in [1.54, 1.807) is 12.1 Å². The second-order valence-corrected chi connectivity index (χ2v) is 7.45. The van der Waals surface area contributed by atoms with Gasteiger partial charge in [-0.3, -0.25) is 0 Å². The summed E-state index contributed by atoms with van der Waals surface area (Å²) in [6.07, 6.45) is 11.7. The van der Waals surface area contributed by atoms with Gasteiger partial charge in [0.1, 0.15) is 5.75 Å². The Balaban J connectivity index is 1.80. The predicted octanol–water partition coefficient (Wildman–Crippen LogP) is 7.93. The maximum absolute atomic E-state index is 12.2. The molecule has 1 aromatic rings. The van der Waals surface area contributed by atoms with Crippen molar-refractivity contribution >= 4 is 5.57 Å². The second-order valence-electron chi connectivity index (χ2n) is 7.45. The van der Waals surface area contributed by atoms with Crippen LogP contribution < -0.4 is 4.74 Å². The third-order valence-electron chi connectivity index (χ3n) is 5.29. The minimum absolute atomic E-state index is 0.164. The molecule has 0 aromatic heterocycles. The van der Waals surface area contributed by atoms with E-state index in [0.717, 1.165) is 30.7 Å². The van der Waals surface area contributed by atoms with Crippen LogP contribution in [0, 0.1) is 11.8 Å². The molecule has 1 aromatic carbocycles. The molecular formula is C23H31F3O. The quantitative estimate of drug-likeness (QED) is 0.395. The molecule has 2 unspecified atom stereocenters. The molecule has 0 heterocycles. The fourth-order valence-electron chi connectivity index (χ4n) is 3.93. The Kier molecular flexibility index (Phi) is 8.46. The number of hydrogen-bond acceptors (Lipinski definition) is 1. The van der Waals surface area contributed by atoms with Gasteiger partial charge in [-0.2, -0.15) is 0 Å². The van der Waals surface area contributed by atoms with Crippen LogP contribution in [0.4, 0.5) is 13.2 Å². The average Bonchev–Trinajstić information content (AvgIpc) is 2.62. The number of alkyl halides is 3. The van der Waals surface area contributed by atoms with Crippen molar-refractivity contribution in [1.29, 1.82) is 0 Å². The van der Waals surface area contributed by atoms with E-state index in [0.29, 0.717) is 5.92 Å². The van der Waals surface area contributed by atoms with Crippen LogP contribution in [0.25, 0.3) is 5.57 Å². The van der Waals surface area contributed by atoms with Gasteiger partial charge in [-0.05, 0) is 74.1 Å². The predicted molar refractivity (Wildman–Crippen MR) is 106 cm³/mol. The molecular weight excluding hydrogens is 349 g/mol. The van der Waals surface area contributed by atoms with E-state index < -0.39 is 6.36 Å². The van der Waals surface area contributed by atoms with Gasteiger partial charge in [0.2, 0.25) is 0 Å². The summed E-state index contributed by atoms with van der Waals surface area (Å²) in [7, 11) is 0. The van der Waals surface area contributed by atoms with Crippen molar-refractivity contribution in [2.45, 2.75) is 71.6 Å². The summed E-state index contributed by atoms with van der Waals surface area (Å²) in [4.78, 5) is 0. The van der Waals surface area contributed by atoms with Crippen molar-refractivity contribution in [2.24, 2.45) is 11.8 Å². The maximum Gasteiger partial charge on any atom is 0.573 e. The number of hydrogen-bond donors (Lipinski definition) is 0. The van der Waals surface area contributed by atoms with Crippen molar-refractivity contribution in [3.8, 4) is 5.75 Å². The smallest absolute Gasteiger partial charge is 0.406 e. The Morgan fingerprint density at radius 3 is 2.48 bits per heavy atom. The van der Waals surface area contributed by atoms with Gasteiger partial charge in [0, 0.05) is 0 Å². The highest BCUT2D eigenvalue weighted by Gasteiger charge is 2.31. The molecule has 150 valence electrons. The largest absolute Gasteiger partial charge is 0.573 e. The molecule has 27 heavy (non-hydrogen) atoms. The Morgan fingerprint density at radius 1 is 1.19 bits per heavy atom. The second kappa shape index (κ2) is 10.6. The summed E-state index contributed by atoms with van der Waals surface area (Å²) in [6, 6.07) is 6.23. The first kappa shape index (κ1) is 21.6. The van der Waals surface area contributed by atoms with Crippen LogP contribution in [0.3, 0.4) is 0 Å². The molecule has 0 aliphatic heterocycles. The van der Waals surface area contributed by atoms with E-state index in [1.807, 2.05) is 0 Å². The van der Waals surface area contributed by atoms with Crippen LogP contribution in [0.5, 0.6) is 5.75 Å². The Labute approximate surface area is 161 Å². The minimum Gasteiger partial charge on any atom is -0.406 e. The summed E-state index contributed by atoms with van der Waals surface area (Å²) < 4.78 is 40.7. The lowest BCUT2D eigenvalue weighted by Gasteiger charge is -2.23. The van der Waals surface area contributed by atoms with Gasteiger partial charge in [-0.15, -0.1) is 13.2 Å². The maximum atomic E-state index is 12.2. The van der Waals surface area contributed by atoms with E-state index in [1.165, 1.54) is 49.8 Å². The van der Waals surface area contributed by atoms with Crippen molar-refractivity contribution in [1.82, 2.24) is 0 Å². The van der Waals surface area contributed by atoms with Gasteiger partial charge in [0.25, 0.3) is 0 Å². The third-order valence-corrected chi connectivity index (χ3v) is 5.29. The first-order valence-electron chi connectivity index (χ1n) is 10.1. The summed E-state index contributed by atoms with van der Waals surface area (Å²) in [5, 5.41) is 0. The van der Waals surface area contributed by atoms with Crippen LogP contribution in [0.2, 0.25) is 0 Å². The van der Waals surface area contributed by atoms with E-state index in [4.69, 9.17) is 0 Å². The molecule has 0 fully saturated rings. The van der Waals surface area contributed by atoms with Gasteiger partial charge in [0.05, 0.1) is 0 Å². The normalized spacial score (nSPS) is 19.1. The lowest BCUT2D eigenvalue weighted by atomic mass is 9.83. The van der Waals surface area contributed by atoms with Gasteiger partial charge in [-0.1, -0.05) is 56.5 Å². The minimum atomic E-state index is -4.64.